The molecule has 0 spiro atoms. The normalized spacial score (nSPS) is 21.2. The first kappa shape index (κ1) is 15.1. The van der Waals surface area contributed by atoms with Crippen molar-refractivity contribution in [3.63, 3.8) is 0 Å². The van der Waals surface area contributed by atoms with Gasteiger partial charge in [0.15, 0.2) is 5.11 Å². The number of hydrogen-bond donors (Lipinski definition) is 2. The highest BCUT2D eigenvalue weighted by Gasteiger charge is 2.35. The number of carboxylic acids is 1. The maximum absolute atomic E-state index is 11.9. The molecular weight excluding hydrogens is 292 g/mol. The third kappa shape index (κ3) is 3.63. The summed E-state index contributed by atoms with van der Waals surface area (Å²) in [6, 6.07) is 7.87. The summed E-state index contributed by atoms with van der Waals surface area (Å²) in [6.45, 7) is 1.50. The average Bonchev–Trinajstić information content (AvgIpc) is 2.44. The van der Waals surface area contributed by atoms with Crippen molar-refractivity contribution in [2.45, 2.75) is 13.0 Å². The number of hydrogen-bond acceptors (Lipinski definition) is 4. The molecule has 2 atom stereocenters. The minimum Gasteiger partial charge on any atom is -0.481 e. The van der Waals surface area contributed by atoms with Crippen molar-refractivity contribution in [3.05, 3.63) is 35.9 Å². The fraction of sp³-hybridized carbons (Fsp3) is 0.286. The quantitative estimate of drug-likeness (QED) is 0.643. The van der Waals surface area contributed by atoms with Crippen LogP contribution < -0.4 is 5.32 Å². The number of aliphatic imine (C=N–C) groups is 1. The van der Waals surface area contributed by atoms with Gasteiger partial charge in [0.25, 0.3) is 0 Å². The fourth-order valence-electron chi connectivity index (χ4n) is 2.11. The Hall–Kier alpha value is -2.28. The summed E-state index contributed by atoms with van der Waals surface area (Å²) in [5.74, 6) is -2.42. The first-order chi connectivity index (χ1) is 9.99. The third-order valence-corrected chi connectivity index (χ3v) is 3.32. The number of benzene rings is 1. The molecule has 0 aromatic heterocycles. The lowest BCUT2D eigenvalue weighted by Crippen LogP contribution is -2.52. The van der Waals surface area contributed by atoms with E-state index in [4.69, 9.17) is 17.0 Å². The largest absolute Gasteiger partial charge is 0.481 e. The van der Waals surface area contributed by atoms with Crippen LogP contribution in [0.25, 0.3) is 0 Å². The molecule has 1 aliphatic heterocycles. The van der Waals surface area contributed by atoms with Gasteiger partial charge in [-0.15, -0.1) is 0 Å². The molecule has 0 saturated heterocycles. The van der Waals surface area contributed by atoms with Crippen molar-refractivity contribution < 1.29 is 19.4 Å². The van der Waals surface area contributed by atoms with Crippen LogP contribution in [0.2, 0.25) is 0 Å². The Morgan fingerprint density at radius 2 is 2.05 bits per heavy atom. The number of esters is 1. The van der Waals surface area contributed by atoms with E-state index in [-0.39, 0.29) is 11.7 Å². The van der Waals surface area contributed by atoms with Gasteiger partial charge in [-0.3, -0.25) is 4.79 Å². The van der Waals surface area contributed by atoms with Gasteiger partial charge in [-0.25, -0.2) is 9.79 Å². The van der Waals surface area contributed by atoms with Crippen molar-refractivity contribution in [1.29, 1.82) is 0 Å². The molecule has 0 aliphatic carbocycles. The lowest BCUT2D eigenvalue weighted by atomic mass is 9.94. The molecule has 110 valence electrons. The van der Waals surface area contributed by atoms with Gasteiger partial charge < -0.3 is 15.2 Å². The van der Waals surface area contributed by atoms with Crippen LogP contribution in [-0.2, 0) is 9.53 Å². The minimum atomic E-state index is -1.04. The van der Waals surface area contributed by atoms with Crippen molar-refractivity contribution in [1.82, 2.24) is 5.32 Å². The average molecular weight is 306 g/mol. The van der Waals surface area contributed by atoms with E-state index in [9.17, 15) is 14.7 Å². The Bertz CT molecular complexity index is 600. The Balaban J connectivity index is 2.05. The van der Waals surface area contributed by atoms with E-state index in [1.54, 1.807) is 37.3 Å². The Labute approximate surface area is 126 Å². The lowest BCUT2D eigenvalue weighted by molar-refractivity contribution is -0.140. The smallest absolute Gasteiger partial charge is 0.338 e. The van der Waals surface area contributed by atoms with E-state index in [0.717, 1.165) is 0 Å². The molecule has 0 fully saturated rings. The molecule has 2 unspecified atom stereocenters. The van der Waals surface area contributed by atoms with Crippen LogP contribution in [0.4, 0.5) is 0 Å². The second-order valence-corrected chi connectivity index (χ2v) is 4.98. The maximum Gasteiger partial charge on any atom is 0.338 e. The number of rotatable bonds is 4. The monoisotopic (exact) mass is 306 g/mol. The Morgan fingerprint density at radius 1 is 1.38 bits per heavy atom. The van der Waals surface area contributed by atoms with Crippen molar-refractivity contribution in [3.8, 4) is 0 Å². The third-order valence-electron chi connectivity index (χ3n) is 3.11. The molecule has 0 bridgehead atoms. The Kier molecular flexibility index (Phi) is 4.64. The molecule has 1 aliphatic rings. The van der Waals surface area contributed by atoms with E-state index in [1.165, 1.54) is 0 Å². The van der Waals surface area contributed by atoms with Gasteiger partial charge in [0, 0.05) is 5.71 Å². The summed E-state index contributed by atoms with van der Waals surface area (Å²) in [6.07, 6.45) is 0. The van der Waals surface area contributed by atoms with Crippen LogP contribution in [0.1, 0.15) is 17.3 Å². The van der Waals surface area contributed by atoms with Gasteiger partial charge in [0.05, 0.1) is 11.6 Å². The van der Waals surface area contributed by atoms with Crippen molar-refractivity contribution in [2.75, 3.05) is 6.61 Å². The number of carbonyl (C=O) groups is 2. The number of thiocarbonyl (C=S) groups is 1. The summed E-state index contributed by atoms with van der Waals surface area (Å²) >= 11 is 4.94. The zero-order valence-electron chi connectivity index (χ0n) is 11.3. The number of carbonyl (C=O) groups excluding carboxylic acids is 1. The van der Waals surface area contributed by atoms with Crippen LogP contribution in [0.3, 0.4) is 0 Å². The van der Waals surface area contributed by atoms with Gasteiger partial charge in [-0.05, 0) is 31.3 Å². The van der Waals surface area contributed by atoms with E-state index >= 15 is 0 Å². The molecule has 2 rings (SSSR count). The molecule has 21 heavy (non-hydrogen) atoms. The highest BCUT2D eigenvalue weighted by Crippen LogP contribution is 2.14. The summed E-state index contributed by atoms with van der Waals surface area (Å²) in [5, 5.41) is 12.2. The van der Waals surface area contributed by atoms with Gasteiger partial charge in [-0.2, -0.15) is 0 Å². The summed E-state index contributed by atoms with van der Waals surface area (Å²) in [5.41, 5.74) is 0.806. The molecule has 0 radical (unpaired) electrons. The van der Waals surface area contributed by atoms with Crippen LogP contribution in [0.15, 0.2) is 35.3 Å². The van der Waals surface area contributed by atoms with Crippen molar-refractivity contribution >= 4 is 35.0 Å². The fourth-order valence-corrected chi connectivity index (χ4v) is 2.40. The van der Waals surface area contributed by atoms with E-state index in [2.05, 4.69) is 10.3 Å². The molecule has 1 aromatic rings. The molecule has 1 aromatic carbocycles. The predicted octanol–water partition coefficient (Wildman–Crippen LogP) is 1.26. The molecular formula is C14H14N2O4S. The number of nitrogens with zero attached hydrogens (tertiary/aromatic N) is 1. The lowest BCUT2D eigenvalue weighted by Gasteiger charge is -2.28. The first-order valence-corrected chi connectivity index (χ1v) is 6.70. The first-order valence-electron chi connectivity index (χ1n) is 6.29. The standard InChI is InChI=1S/C14H14N2O4S/c1-8-11(12(17)18)10(16-14(21)15-8)7-20-13(19)9-5-3-2-4-6-9/h2-6,10-11H,7H2,1H3,(H,16,21)(H,17,18). The van der Waals surface area contributed by atoms with Crippen LogP contribution in [0.5, 0.6) is 0 Å². The van der Waals surface area contributed by atoms with Gasteiger partial charge in [0.1, 0.15) is 12.5 Å². The number of carboxylic acid groups (broad SMARTS) is 1. The highest BCUT2D eigenvalue weighted by atomic mass is 32.1. The van der Waals surface area contributed by atoms with Crippen molar-refractivity contribution in [2.24, 2.45) is 10.9 Å². The molecule has 2 N–H and O–H groups in total. The van der Waals surface area contributed by atoms with Crippen LogP contribution >= 0.6 is 12.2 Å². The number of nitrogens with one attached hydrogen (secondary N) is 1. The van der Waals surface area contributed by atoms with Gasteiger partial charge in [0.2, 0.25) is 0 Å². The maximum atomic E-state index is 11.9. The topological polar surface area (TPSA) is 88.0 Å². The zero-order valence-corrected chi connectivity index (χ0v) is 12.1. The summed E-state index contributed by atoms with van der Waals surface area (Å²) in [4.78, 5) is 27.1. The molecule has 7 heteroatoms. The van der Waals surface area contributed by atoms with Crippen LogP contribution in [0, 0.1) is 5.92 Å². The number of aliphatic carboxylic acids is 1. The second kappa shape index (κ2) is 6.45. The SMILES string of the molecule is CC1=NC(=S)NC(COC(=O)c2ccccc2)C1C(=O)O. The second-order valence-electron chi connectivity index (χ2n) is 4.59. The summed E-state index contributed by atoms with van der Waals surface area (Å²) < 4.78 is 5.17. The predicted molar refractivity (Wildman–Crippen MR) is 80.5 cm³/mol. The molecule has 0 amide bonds. The molecule has 0 saturated carbocycles. The van der Waals surface area contributed by atoms with E-state index < -0.39 is 23.9 Å². The zero-order chi connectivity index (χ0) is 15.4. The number of ether oxygens (including phenoxy) is 1. The molecule has 6 nitrogen and oxygen atoms in total. The van der Waals surface area contributed by atoms with Gasteiger partial charge in [-0.1, -0.05) is 18.2 Å². The van der Waals surface area contributed by atoms with E-state index in [0.29, 0.717) is 11.3 Å². The molecule has 1 heterocycles. The minimum absolute atomic E-state index is 0.0995. The van der Waals surface area contributed by atoms with Gasteiger partial charge >= 0.3 is 11.9 Å². The Morgan fingerprint density at radius 3 is 2.67 bits per heavy atom. The van der Waals surface area contributed by atoms with E-state index in [1.807, 2.05) is 0 Å². The highest BCUT2D eigenvalue weighted by molar-refractivity contribution is 7.80. The summed E-state index contributed by atoms with van der Waals surface area (Å²) in [7, 11) is 0. The van der Waals surface area contributed by atoms with Crippen LogP contribution in [-0.4, -0.2) is 40.5 Å².